The lowest BCUT2D eigenvalue weighted by Gasteiger charge is -2.06. The van der Waals surface area contributed by atoms with E-state index in [9.17, 15) is 0 Å². The third kappa shape index (κ3) is 3.22. The van der Waals surface area contributed by atoms with Gasteiger partial charge in [-0.05, 0) is 29.8 Å². The maximum Gasteiger partial charge on any atom is 0.0715 e. The van der Waals surface area contributed by atoms with E-state index in [0.29, 0.717) is 0 Å². The van der Waals surface area contributed by atoms with Crippen LogP contribution >= 0.6 is 0 Å². The lowest BCUT2D eigenvalue weighted by Crippen LogP contribution is -1.86. The minimum absolute atomic E-state index is 0.822. The molecule has 4 rings (SSSR count). The standard InChI is InChI=1S/C15H11N.C6H7N/c1-2-11-12-7-3-5-9-14(12)16-15-10-6-4-8-13(11)15;7-6-4-2-1-3-5-6/h2-10H,1H2;1-5H,7H2. The predicted molar refractivity (Wildman–Crippen MR) is 100 cm³/mol. The third-order valence-corrected chi connectivity index (χ3v) is 3.63. The summed E-state index contributed by atoms with van der Waals surface area (Å²) in [5.74, 6) is 0. The van der Waals surface area contributed by atoms with Crippen LogP contribution in [0, 0.1) is 0 Å². The molecule has 0 aliphatic heterocycles. The fraction of sp³-hybridized carbons (Fsp3) is 0. The number of nitrogens with two attached hydrogens (primary N) is 1. The molecule has 0 bridgehead atoms. The SMILES string of the molecule is C=Cc1c2ccccc2nc2ccccc12.Nc1ccccc1. The van der Waals surface area contributed by atoms with Crippen molar-refractivity contribution in [1.29, 1.82) is 0 Å². The Morgan fingerprint density at radius 2 is 1.17 bits per heavy atom. The average Bonchev–Trinajstić information content (AvgIpc) is 2.61. The van der Waals surface area contributed by atoms with Crippen LogP contribution in [0.2, 0.25) is 0 Å². The quantitative estimate of drug-likeness (QED) is 0.382. The second-order valence-corrected chi connectivity index (χ2v) is 5.17. The molecule has 23 heavy (non-hydrogen) atoms. The summed E-state index contributed by atoms with van der Waals surface area (Å²) in [7, 11) is 0. The highest BCUT2D eigenvalue weighted by molar-refractivity contribution is 6.02. The van der Waals surface area contributed by atoms with Gasteiger partial charge in [-0.3, -0.25) is 0 Å². The number of aromatic nitrogens is 1. The van der Waals surface area contributed by atoms with Crippen LogP contribution in [0.4, 0.5) is 5.69 Å². The summed E-state index contributed by atoms with van der Waals surface area (Å²) >= 11 is 0. The van der Waals surface area contributed by atoms with Gasteiger partial charge in [-0.2, -0.15) is 0 Å². The van der Waals surface area contributed by atoms with E-state index in [4.69, 9.17) is 5.73 Å². The summed E-state index contributed by atoms with van der Waals surface area (Å²) in [5.41, 5.74) is 9.40. The van der Waals surface area contributed by atoms with E-state index in [2.05, 4.69) is 23.7 Å². The summed E-state index contributed by atoms with van der Waals surface area (Å²) in [4.78, 5) is 4.64. The topological polar surface area (TPSA) is 38.9 Å². The van der Waals surface area contributed by atoms with Crippen LogP contribution in [0.3, 0.4) is 0 Å². The van der Waals surface area contributed by atoms with Gasteiger partial charge >= 0.3 is 0 Å². The maximum atomic E-state index is 5.36. The number of pyridine rings is 1. The second-order valence-electron chi connectivity index (χ2n) is 5.17. The van der Waals surface area contributed by atoms with Crippen LogP contribution in [0.25, 0.3) is 27.9 Å². The minimum atomic E-state index is 0.822. The molecule has 0 atom stereocenters. The van der Waals surface area contributed by atoms with Gasteiger partial charge < -0.3 is 5.73 Å². The number of hydrogen-bond acceptors (Lipinski definition) is 2. The van der Waals surface area contributed by atoms with Crippen molar-refractivity contribution < 1.29 is 0 Å². The van der Waals surface area contributed by atoms with Crippen molar-refractivity contribution in [2.24, 2.45) is 0 Å². The predicted octanol–water partition coefficient (Wildman–Crippen LogP) is 5.30. The zero-order chi connectivity index (χ0) is 16.1. The molecule has 0 unspecified atom stereocenters. The summed E-state index contributed by atoms with van der Waals surface area (Å²) in [6.07, 6.45) is 1.91. The van der Waals surface area contributed by atoms with Crippen molar-refractivity contribution >= 4 is 33.6 Å². The van der Waals surface area contributed by atoms with E-state index in [0.717, 1.165) is 27.5 Å². The Hall–Kier alpha value is -3.13. The zero-order valence-electron chi connectivity index (χ0n) is 12.8. The highest BCUT2D eigenvalue weighted by atomic mass is 14.7. The first-order valence-electron chi connectivity index (χ1n) is 7.50. The second kappa shape index (κ2) is 6.75. The van der Waals surface area contributed by atoms with Gasteiger partial charge in [0.1, 0.15) is 0 Å². The first-order chi connectivity index (χ1) is 11.3. The normalized spacial score (nSPS) is 10.1. The fourth-order valence-corrected chi connectivity index (χ4v) is 2.55. The summed E-state index contributed by atoms with van der Waals surface area (Å²) in [6.45, 7) is 3.90. The monoisotopic (exact) mass is 298 g/mol. The van der Waals surface area contributed by atoms with Crippen molar-refractivity contribution in [2.75, 3.05) is 5.73 Å². The Bertz CT molecular complexity index is 889. The summed E-state index contributed by atoms with van der Waals surface area (Å²) in [5, 5.41) is 2.33. The number of para-hydroxylation sites is 3. The molecule has 0 saturated carbocycles. The van der Waals surface area contributed by atoms with Gasteiger partial charge in [0.15, 0.2) is 0 Å². The van der Waals surface area contributed by atoms with E-state index >= 15 is 0 Å². The van der Waals surface area contributed by atoms with E-state index < -0.39 is 0 Å². The van der Waals surface area contributed by atoms with Crippen LogP contribution in [-0.2, 0) is 0 Å². The molecule has 112 valence electrons. The van der Waals surface area contributed by atoms with Crippen LogP contribution in [-0.4, -0.2) is 4.98 Å². The van der Waals surface area contributed by atoms with Gasteiger partial charge in [-0.25, -0.2) is 4.98 Å². The number of fused-ring (bicyclic) bond motifs is 2. The van der Waals surface area contributed by atoms with E-state index in [1.54, 1.807) is 0 Å². The van der Waals surface area contributed by atoms with Crippen LogP contribution < -0.4 is 5.73 Å². The molecular formula is C21H18N2. The smallest absolute Gasteiger partial charge is 0.0715 e. The Balaban J connectivity index is 0.000000188. The molecule has 2 heteroatoms. The summed E-state index contributed by atoms with van der Waals surface area (Å²) in [6, 6.07) is 25.8. The number of benzene rings is 3. The van der Waals surface area contributed by atoms with E-state index in [1.807, 2.05) is 72.8 Å². The number of hydrogen-bond donors (Lipinski definition) is 1. The van der Waals surface area contributed by atoms with Gasteiger partial charge in [0.2, 0.25) is 0 Å². The van der Waals surface area contributed by atoms with Crippen LogP contribution in [0.1, 0.15) is 5.56 Å². The molecular weight excluding hydrogens is 280 g/mol. The molecule has 0 saturated heterocycles. The van der Waals surface area contributed by atoms with Crippen LogP contribution in [0.5, 0.6) is 0 Å². The Labute approximate surface area is 135 Å². The largest absolute Gasteiger partial charge is 0.399 e. The van der Waals surface area contributed by atoms with Gasteiger partial charge in [-0.15, -0.1) is 0 Å². The highest BCUT2D eigenvalue weighted by Crippen LogP contribution is 2.26. The molecule has 2 N–H and O–H groups in total. The van der Waals surface area contributed by atoms with Gasteiger partial charge in [0.05, 0.1) is 11.0 Å². The van der Waals surface area contributed by atoms with Crippen molar-refractivity contribution in [3.05, 3.63) is 91.0 Å². The molecule has 0 aliphatic rings. The average molecular weight is 298 g/mol. The molecule has 0 amide bonds. The van der Waals surface area contributed by atoms with Crippen LogP contribution in [0.15, 0.2) is 85.4 Å². The molecule has 2 nitrogen and oxygen atoms in total. The Morgan fingerprint density at radius 3 is 1.61 bits per heavy atom. The molecule has 0 radical (unpaired) electrons. The van der Waals surface area contributed by atoms with Crippen molar-refractivity contribution in [3.8, 4) is 0 Å². The molecule has 0 spiro atoms. The van der Waals surface area contributed by atoms with Gasteiger partial charge in [0, 0.05) is 16.5 Å². The molecule has 3 aromatic carbocycles. The van der Waals surface area contributed by atoms with E-state index in [1.165, 1.54) is 5.56 Å². The van der Waals surface area contributed by atoms with Crippen molar-refractivity contribution in [1.82, 2.24) is 4.98 Å². The Kier molecular flexibility index (Phi) is 4.34. The first-order valence-corrected chi connectivity index (χ1v) is 7.50. The molecule has 4 aromatic rings. The summed E-state index contributed by atoms with van der Waals surface area (Å²) < 4.78 is 0. The number of nitrogens with zero attached hydrogens (tertiary/aromatic N) is 1. The lowest BCUT2D eigenvalue weighted by molar-refractivity contribution is 1.49. The highest BCUT2D eigenvalue weighted by Gasteiger charge is 2.04. The number of rotatable bonds is 1. The Morgan fingerprint density at radius 1 is 0.696 bits per heavy atom. The molecule has 0 fully saturated rings. The van der Waals surface area contributed by atoms with Gasteiger partial charge in [0.25, 0.3) is 0 Å². The number of nitrogen functional groups attached to an aromatic ring is 1. The number of anilines is 1. The molecule has 1 heterocycles. The minimum Gasteiger partial charge on any atom is -0.399 e. The van der Waals surface area contributed by atoms with Crippen molar-refractivity contribution in [2.45, 2.75) is 0 Å². The zero-order valence-corrected chi connectivity index (χ0v) is 12.8. The third-order valence-electron chi connectivity index (χ3n) is 3.63. The van der Waals surface area contributed by atoms with Crippen molar-refractivity contribution in [3.63, 3.8) is 0 Å². The lowest BCUT2D eigenvalue weighted by atomic mass is 10.0. The van der Waals surface area contributed by atoms with E-state index in [-0.39, 0.29) is 0 Å². The maximum absolute atomic E-state index is 5.36. The first kappa shape index (κ1) is 14.8. The fourth-order valence-electron chi connectivity index (χ4n) is 2.55. The molecule has 1 aromatic heterocycles. The molecule has 0 aliphatic carbocycles. The van der Waals surface area contributed by atoms with Gasteiger partial charge in [-0.1, -0.05) is 67.3 Å².